The molecule has 32 heavy (non-hydrogen) atoms. The highest BCUT2D eigenvalue weighted by atomic mass is 32.2. The van der Waals surface area contributed by atoms with Crippen LogP contribution in [0, 0.1) is 5.92 Å². The molecule has 0 aromatic heterocycles. The third-order valence-electron chi connectivity index (χ3n) is 5.94. The molecule has 10 heteroatoms. The van der Waals surface area contributed by atoms with Crippen molar-refractivity contribution in [1.82, 2.24) is 8.61 Å². The van der Waals surface area contributed by atoms with E-state index in [1.54, 1.807) is 12.1 Å². The number of fused-ring (bicyclic) bond motifs is 1. The van der Waals surface area contributed by atoms with Gasteiger partial charge in [-0.05, 0) is 55.2 Å². The topological polar surface area (TPSA) is 93.2 Å². The van der Waals surface area contributed by atoms with Gasteiger partial charge in [0.1, 0.15) is 12.7 Å². The van der Waals surface area contributed by atoms with Crippen LogP contribution in [0.4, 0.5) is 0 Å². The molecule has 1 saturated heterocycles. The molecule has 2 heterocycles. The van der Waals surface area contributed by atoms with Crippen LogP contribution in [0.2, 0.25) is 0 Å². The number of nitrogens with zero attached hydrogens (tertiary/aromatic N) is 2. The van der Waals surface area contributed by atoms with Gasteiger partial charge in [-0.25, -0.2) is 16.8 Å². The fraction of sp³-hybridized carbons (Fsp3) is 0.455. The number of rotatable bonds is 6. The van der Waals surface area contributed by atoms with Crippen LogP contribution in [0.15, 0.2) is 58.3 Å². The van der Waals surface area contributed by atoms with Gasteiger partial charge in [0.2, 0.25) is 20.0 Å². The second-order valence-electron chi connectivity index (χ2n) is 8.34. The van der Waals surface area contributed by atoms with Gasteiger partial charge in [0.15, 0.2) is 11.5 Å². The van der Waals surface area contributed by atoms with Crippen molar-refractivity contribution in [1.29, 1.82) is 0 Å². The van der Waals surface area contributed by atoms with Gasteiger partial charge in [0, 0.05) is 20.1 Å². The predicted molar refractivity (Wildman–Crippen MR) is 120 cm³/mol. The summed E-state index contributed by atoms with van der Waals surface area (Å²) < 4.78 is 66.0. The Morgan fingerprint density at radius 3 is 2.19 bits per heavy atom. The molecule has 174 valence electrons. The van der Waals surface area contributed by atoms with Gasteiger partial charge in [-0.2, -0.15) is 8.61 Å². The molecule has 0 saturated carbocycles. The Balaban J connectivity index is 1.45. The van der Waals surface area contributed by atoms with Crippen molar-refractivity contribution in [2.45, 2.75) is 35.7 Å². The molecule has 2 aliphatic heterocycles. The van der Waals surface area contributed by atoms with Crippen molar-refractivity contribution >= 4 is 20.0 Å². The first-order valence-electron chi connectivity index (χ1n) is 10.6. The Bertz CT molecular complexity index is 1160. The lowest BCUT2D eigenvalue weighted by atomic mass is 10.0. The Morgan fingerprint density at radius 1 is 0.938 bits per heavy atom. The van der Waals surface area contributed by atoms with E-state index in [2.05, 4.69) is 6.92 Å². The third kappa shape index (κ3) is 4.63. The number of hydrogen-bond acceptors (Lipinski definition) is 6. The van der Waals surface area contributed by atoms with Crippen LogP contribution in [0.25, 0.3) is 0 Å². The van der Waals surface area contributed by atoms with Crippen LogP contribution in [0.3, 0.4) is 0 Å². The van der Waals surface area contributed by atoms with Gasteiger partial charge >= 0.3 is 0 Å². The maximum Gasteiger partial charge on any atom is 0.243 e. The smallest absolute Gasteiger partial charge is 0.243 e. The van der Waals surface area contributed by atoms with E-state index < -0.39 is 26.2 Å². The highest BCUT2D eigenvalue weighted by Gasteiger charge is 2.30. The summed E-state index contributed by atoms with van der Waals surface area (Å²) >= 11 is 0. The average molecular weight is 481 g/mol. The monoisotopic (exact) mass is 480 g/mol. The number of ether oxygens (including phenoxy) is 2. The summed E-state index contributed by atoms with van der Waals surface area (Å²) in [5.41, 5.74) is 0. The van der Waals surface area contributed by atoms with Crippen molar-refractivity contribution < 1.29 is 26.3 Å². The summed E-state index contributed by atoms with van der Waals surface area (Å²) in [6, 6.07) is 12.7. The average Bonchev–Trinajstić information content (AvgIpc) is 2.79. The molecule has 0 N–H and O–H groups in total. The van der Waals surface area contributed by atoms with E-state index >= 15 is 0 Å². The first-order chi connectivity index (χ1) is 15.2. The number of hydrogen-bond donors (Lipinski definition) is 0. The van der Waals surface area contributed by atoms with Gasteiger partial charge < -0.3 is 9.47 Å². The maximum atomic E-state index is 13.0. The molecule has 8 nitrogen and oxygen atoms in total. The molecule has 0 radical (unpaired) electrons. The third-order valence-corrected chi connectivity index (χ3v) is 9.69. The van der Waals surface area contributed by atoms with Crippen molar-refractivity contribution in [2.75, 3.05) is 33.3 Å². The standard InChI is InChI=1S/C22H28N2O6S2/c1-17-11-13-24(14-12-17)32(27,28)20-9-7-19(8-10-20)31(25,26)23(2)15-18-16-29-21-5-3-4-6-22(21)30-18/h3-10,17-18H,11-16H2,1-2H3. The summed E-state index contributed by atoms with van der Waals surface area (Å²) in [5.74, 6) is 1.72. The Morgan fingerprint density at radius 2 is 1.53 bits per heavy atom. The van der Waals surface area contributed by atoms with E-state index in [4.69, 9.17) is 9.47 Å². The lowest BCUT2D eigenvalue weighted by Gasteiger charge is -2.30. The van der Waals surface area contributed by atoms with Crippen molar-refractivity contribution in [3.63, 3.8) is 0 Å². The molecule has 1 fully saturated rings. The van der Waals surface area contributed by atoms with E-state index in [1.165, 1.54) is 39.9 Å². The zero-order chi connectivity index (χ0) is 22.9. The summed E-state index contributed by atoms with van der Waals surface area (Å²) in [7, 11) is -5.98. The van der Waals surface area contributed by atoms with Crippen molar-refractivity contribution in [2.24, 2.45) is 5.92 Å². The number of likely N-dealkylation sites (N-methyl/N-ethyl adjacent to an activating group) is 1. The van der Waals surface area contributed by atoms with Gasteiger partial charge in [-0.3, -0.25) is 0 Å². The van der Waals surface area contributed by atoms with Gasteiger partial charge in [0.25, 0.3) is 0 Å². The summed E-state index contributed by atoms with van der Waals surface area (Å²) in [6.45, 7) is 3.42. The zero-order valence-corrected chi connectivity index (χ0v) is 19.8. The molecule has 1 atom stereocenters. The molecule has 2 aliphatic rings. The van der Waals surface area contributed by atoms with Crippen LogP contribution in [0.5, 0.6) is 11.5 Å². The van der Waals surface area contributed by atoms with Crippen molar-refractivity contribution in [3.8, 4) is 11.5 Å². The number of benzene rings is 2. The summed E-state index contributed by atoms with van der Waals surface area (Å²) in [4.78, 5) is 0.137. The highest BCUT2D eigenvalue weighted by Crippen LogP contribution is 2.31. The maximum absolute atomic E-state index is 13.0. The minimum atomic E-state index is -3.82. The Kier molecular flexibility index (Phi) is 6.49. The zero-order valence-electron chi connectivity index (χ0n) is 18.2. The largest absolute Gasteiger partial charge is 0.486 e. The van der Waals surface area contributed by atoms with E-state index in [1.807, 2.05) is 12.1 Å². The number of para-hydroxylation sites is 2. The predicted octanol–water partition coefficient (Wildman–Crippen LogP) is 2.57. The van der Waals surface area contributed by atoms with Crippen molar-refractivity contribution in [3.05, 3.63) is 48.5 Å². The molecule has 4 rings (SSSR count). The van der Waals surface area contributed by atoms with Crippen LogP contribution >= 0.6 is 0 Å². The molecule has 0 aliphatic carbocycles. The second kappa shape index (κ2) is 9.01. The molecule has 1 unspecified atom stereocenters. The van der Waals surface area contributed by atoms with Gasteiger partial charge in [0.05, 0.1) is 16.3 Å². The van der Waals surface area contributed by atoms with Crippen LogP contribution < -0.4 is 9.47 Å². The van der Waals surface area contributed by atoms with E-state index in [-0.39, 0.29) is 22.9 Å². The van der Waals surface area contributed by atoms with Gasteiger partial charge in [-0.15, -0.1) is 0 Å². The SMILES string of the molecule is CC1CCN(S(=O)(=O)c2ccc(S(=O)(=O)N(C)CC3COc4ccccc4O3)cc2)CC1. The van der Waals surface area contributed by atoms with Crippen LogP contribution in [-0.4, -0.2) is 64.8 Å². The fourth-order valence-corrected chi connectivity index (χ4v) is 6.55. The Hall–Kier alpha value is -2.14. The molecule has 2 aromatic rings. The molecule has 0 amide bonds. The van der Waals surface area contributed by atoms with Crippen LogP contribution in [-0.2, 0) is 20.0 Å². The normalized spacial score (nSPS) is 20.4. The van der Waals surface area contributed by atoms with E-state index in [9.17, 15) is 16.8 Å². The minimum absolute atomic E-state index is 0.0309. The first kappa shape index (κ1) is 23.0. The summed E-state index contributed by atoms with van der Waals surface area (Å²) in [5, 5.41) is 0. The Labute approximate surface area is 189 Å². The highest BCUT2D eigenvalue weighted by molar-refractivity contribution is 7.89. The fourth-order valence-electron chi connectivity index (χ4n) is 3.88. The first-order valence-corrected chi connectivity index (χ1v) is 13.5. The number of piperidine rings is 1. The molecular weight excluding hydrogens is 452 g/mol. The minimum Gasteiger partial charge on any atom is -0.486 e. The second-order valence-corrected chi connectivity index (χ2v) is 12.3. The van der Waals surface area contributed by atoms with Crippen LogP contribution in [0.1, 0.15) is 19.8 Å². The quantitative estimate of drug-likeness (QED) is 0.631. The van der Waals surface area contributed by atoms with E-state index in [0.29, 0.717) is 30.5 Å². The van der Waals surface area contributed by atoms with E-state index in [0.717, 1.165) is 12.8 Å². The van der Waals surface area contributed by atoms with Gasteiger partial charge in [-0.1, -0.05) is 19.1 Å². The molecule has 2 aromatic carbocycles. The lowest BCUT2D eigenvalue weighted by Crippen LogP contribution is -2.41. The number of sulfonamides is 2. The summed E-state index contributed by atoms with van der Waals surface area (Å²) in [6.07, 6.45) is 1.20. The molecular formula is C22H28N2O6S2. The molecule has 0 bridgehead atoms. The lowest BCUT2D eigenvalue weighted by molar-refractivity contribution is 0.0798. The molecule has 0 spiro atoms.